The van der Waals surface area contributed by atoms with Crippen molar-refractivity contribution in [1.29, 1.82) is 5.26 Å². The molecule has 1 fully saturated rings. The second-order valence-electron chi connectivity index (χ2n) is 4.51. The molecule has 1 aromatic rings. The minimum Gasteiger partial charge on any atom is -0.469 e. The SMILES string of the molecule is COC(=O)CC1(CSc2cccc(C#N)n2)CC1. The molecule has 18 heavy (non-hydrogen) atoms. The number of methoxy groups -OCH3 is 1. The third-order valence-corrected chi connectivity index (χ3v) is 4.35. The second-order valence-corrected chi connectivity index (χ2v) is 5.51. The molecule has 1 heterocycles. The molecule has 0 amide bonds. The summed E-state index contributed by atoms with van der Waals surface area (Å²) in [7, 11) is 1.42. The molecule has 1 aliphatic rings. The van der Waals surface area contributed by atoms with Crippen LogP contribution in [-0.2, 0) is 9.53 Å². The van der Waals surface area contributed by atoms with Gasteiger partial charge in [0.05, 0.1) is 18.6 Å². The summed E-state index contributed by atoms with van der Waals surface area (Å²) in [5.74, 6) is 0.705. The van der Waals surface area contributed by atoms with E-state index in [0.717, 1.165) is 23.6 Å². The van der Waals surface area contributed by atoms with E-state index in [0.29, 0.717) is 12.1 Å². The van der Waals surface area contributed by atoms with Gasteiger partial charge in [0.15, 0.2) is 0 Å². The van der Waals surface area contributed by atoms with Crippen molar-refractivity contribution in [3.05, 3.63) is 23.9 Å². The standard InChI is InChI=1S/C13H14N2O2S/c1-17-12(16)7-13(5-6-13)9-18-11-4-2-3-10(8-14)15-11/h2-4H,5-7,9H2,1H3. The van der Waals surface area contributed by atoms with Gasteiger partial charge in [0.1, 0.15) is 11.8 Å². The van der Waals surface area contributed by atoms with E-state index in [1.54, 1.807) is 17.8 Å². The molecule has 0 spiro atoms. The zero-order chi connectivity index (χ0) is 13.0. The van der Waals surface area contributed by atoms with E-state index in [-0.39, 0.29) is 11.4 Å². The summed E-state index contributed by atoms with van der Waals surface area (Å²) in [5, 5.41) is 9.61. The fourth-order valence-corrected chi connectivity index (χ4v) is 2.89. The molecular weight excluding hydrogens is 248 g/mol. The van der Waals surface area contributed by atoms with Gasteiger partial charge in [0.2, 0.25) is 0 Å². The molecule has 0 N–H and O–H groups in total. The van der Waals surface area contributed by atoms with Crippen molar-refractivity contribution in [3.8, 4) is 6.07 Å². The van der Waals surface area contributed by atoms with Gasteiger partial charge in [0.25, 0.3) is 0 Å². The first-order valence-electron chi connectivity index (χ1n) is 5.74. The van der Waals surface area contributed by atoms with Crippen LogP contribution in [0.1, 0.15) is 25.0 Å². The molecule has 1 saturated carbocycles. The van der Waals surface area contributed by atoms with Crippen LogP contribution < -0.4 is 0 Å². The fourth-order valence-electron chi connectivity index (χ4n) is 1.71. The summed E-state index contributed by atoms with van der Waals surface area (Å²) >= 11 is 1.60. The lowest BCUT2D eigenvalue weighted by molar-refractivity contribution is -0.141. The van der Waals surface area contributed by atoms with E-state index < -0.39 is 0 Å². The van der Waals surface area contributed by atoms with E-state index >= 15 is 0 Å². The van der Waals surface area contributed by atoms with Crippen molar-refractivity contribution in [2.75, 3.05) is 12.9 Å². The van der Waals surface area contributed by atoms with Crippen molar-refractivity contribution in [1.82, 2.24) is 4.98 Å². The lowest BCUT2D eigenvalue weighted by Gasteiger charge is -2.12. The molecule has 1 aromatic heterocycles. The Hall–Kier alpha value is -1.54. The van der Waals surface area contributed by atoms with Gasteiger partial charge < -0.3 is 4.74 Å². The highest BCUT2D eigenvalue weighted by molar-refractivity contribution is 7.99. The van der Waals surface area contributed by atoms with Crippen LogP contribution in [0.2, 0.25) is 0 Å². The summed E-state index contributed by atoms with van der Waals surface area (Å²) in [6, 6.07) is 7.42. The Morgan fingerprint density at radius 3 is 3.00 bits per heavy atom. The average Bonchev–Trinajstić information content (AvgIpc) is 3.17. The molecule has 94 valence electrons. The predicted molar refractivity (Wildman–Crippen MR) is 68.0 cm³/mol. The first-order valence-corrected chi connectivity index (χ1v) is 6.73. The van der Waals surface area contributed by atoms with Gasteiger partial charge >= 0.3 is 5.97 Å². The maximum Gasteiger partial charge on any atom is 0.306 e. The summed E-state index contributed by atoms with van der Waals surface area (Å²) in [6.45, 7) is 0. The van der Waals surface area contributed by atoms with Crippen LogP contribution in [0.15, 0.2) is 23.2 Å². The van der Waals surface area contributed by atoms with E-state index in [1.807, 2.05) is 18.2 Å². The molecule has 0 atom stereocenters. The molecule has 0 radical (unpaired) electrons. The first-order chi connectivity index (χ1) is 8.67. The van der Waals surface area contributed by atoms with Gasteiger partial charge in [-0.3, -0.25) is 4.79 Å². The number of hydrogen-bond donors (Lipinski definition) is 0. The quantitative estimate of drug-likeness (QED) is 0.602. The van der Waals surface area contributed by atoms with Crippen LogP contribution in [0, 0.1) is 16.7 Å². The minimum absolute atomic E-state index is 0.0854. The van der Waals surface area contributed by atoms with Crippen molar-refractivity contribution >= 4 is 17.7 Å². The third-order valence-electron chi connectivity index (χ3n) is 3.07. The Bertz CT molecular complexity index is 492. The highest BCUT2D eigenvalue weighted by Gasteiger charge is 2.44. The third kappa shape index (κ3) is 3.23. The molecule has 2 rings (SSSR count). The molecule has 0 saturated heterocycles. The second kappa shape index (κ2) is 5.40. The zero-order valence-electron chi connectivity index (χ0n) is 10.2. The lowest BCUT2D eigenvalue weighted by atomic mass is 10.1. The fraction of sp³-hybridized carbons (Fsp3) is 0.462. The predicted octanol–water partition coefficient (Wildman–Crippen LogP) is 2.39. The van der Waals surface area contributed by atoms with Gasteiger partial charge in [0, 0.05) is 5.75 Å². The van der Waals surface area contributed by atoms with Crippen LogP contribution in [0.5, 0.6) is 0 Å². The maximum atomic E-state index is 11.3. The summed E-state index contributed by atoms with van der Waals surface area (Å²) in [4.78, 5) is 15.5. The van der Waals surface area contributed by atoms with Gasteiger partial charge in [-0.05, 0) is 30.4 Å². The smallest absolute Gasteiger partial charge is 0.306 e. The van der Waals surface area contributed by atoms with Crippen LogP contribution in [-0.4, -0.2) is 23.8 Å². The topological polar surface area (TPSA) is 63.0 Å². The summed E-state index contributed by atoms with van der Waals surface area (Å²) in [6.07, 6.45) is 2.61. The van der Waals surface area contributed by atoms with Crippen LogP contribution >= 0.6 is 11.8 Å². The van der Waals surface area contributed by atoms with Crippen LogP contribution in [0.3, 0.4) is 0 Å². The number of rotatable bonds is 5. The number of ether oxygens (including phenoxy) is 1. The zero-order valence-corrected chi connectivity index (χ0v) is 11.0. The number of aromatic nitrogens is 1. The molecule has 0 aliphatic heterocycles. The minimum atomic E-state index is -0.146. The monoisotopic (exact) mass is 262 g/mol. The van der Waals surface area contributed by atoms with Gasteiger partial charge in [-0.15, -0.1) is 11.8 Å². The van der Waals surface area contributed by atoms with Gasteiger partial charge in [-0.1, -0.05) is 6.07 Å². The van der Waals surface area contributed by atoms with E-state index in [2.05, 4.69) is 4.98 Å². The highest BCUT2D eigenvalue weighted by atomic mass is 32.2. The number of esters is 1. The van der Waals surface area contributed by atoms with E-state index in [9.17, 15) is 4.79 Å². The molecule has 0 aromatic carbocycles. The molecule has 4 nitrogen and oxygen atoms in total. The Kier molecular flexibility index (Phi) is 3.87. The van der Waals surface area contributed by atoms with Gasteiger partial charge in [-0.25, -0.2) is 4.98 Å². The van der Waals surface area contributed by atoms with Crippen molar-refractivity contribution in [3.63, 3.8) is 0 Å². The number of nitrogens with zero attached hydrogens (tertiary/aromatic N) is 2. The van der Waals surface area contributed by atoms with Crippen molar-refractivity contribution in [2.24, 2.45) is 5.41 Å². The molecular formula is C13H14N2O2S. The van der Waals surface area contributed by atoms with Crippen LogP contribution in [0.4, 0.5) is 0 Å². The molecule has 5 heteroatoms. The normalized spacial score (nSPS) is 15.8. The van der Waals surface area contributed by atoms with Gasteiger partial charge in [-0.2, -0.15) is 5.26 Å². The van der Waals surface area contributed by atoms with E-state index in [1.165, 1.54) is 7.11 Å². The number of carbonyl (C=O) groups excluding carboxylic acids is 1. The lowest BCUT2D eigenvalue weighted by Crippen LogP contribution is -2.13. The molecule has 1 aliphatic carbocycles. The number of pyridine rings is 1. The van der Waals surface area contributed by atoms with E-state index in [4.69, 9.17) is 10.00 Å². The summed E-state index contributed by atoms with van der Waals surface area (Å²) in [5.41, 5.74) is 0.514. The number of hydrogen-bond acceptors (Lipinski definition) is 5. The molecule has 0 unspecified atom stereocenters. The Morgan fingerprint density at radius 1 is 1.61 bits per heavy atom. The number of nitriles is 1. The largest absolute Gasteiger partial charge is 0.469 e. The Morgan fingerprint density at radius 2 is 2.39 bits per heavy atom. The molecule has 0 bridgehead atoms. The summed E-state index contributed by atoms with van der Waals surface area (Å²) < 4.78 is 4.71. The average molecular weight is 262 g/mol. The van der Waals surface area contributed by atoms with Crippen molar-refractivity contribution < 1.29 is 9.53 Å². The Labute approximate surface area is 110 Å². The highest BCUT2D eigenvalue weighted by Crippen LogP contribution is 2.51. The van der Waals surface area contributed by atoms with Crippen LogP contribution in [0.25, 0.3) is 0 Å². The van der Waals surface area contributed by atoms with Crippen molar-refractivity contribution in [2.45, 2.75) is 24.3 Å². The number of carbonyl (C=O) groups is 1. The number of thioether (sulfide) groups is 1. The first kappa shape index (κ1) is 12.9. The maximum absolute atomic E-state index is 11.3. The Balaban J connectivity index is 1.91.